The number of benzene rings is 1. The number of hydrogen-bond acceptors (Lipinski definition) is 3. The molecular formula is C16H28N2O. The van der Waals surface area contributed by atoms with Gasteiger partial charge in [-0.05, 0) is 45.9 Å². The summed E-state index contributed by atoms with van der Waals surface area (Å²) in [5, 5.41) is 0. The van der Waals surface area contributed by atoms with Crippen LogP contribution in [0.4, 0.5) is 0 Å². The van der Waals surface area contributed by atoms with Gasteiger partial charge < -0.3 is 10.5 Å². The molecule has 1 aromatic rings. The standard InChI is InChI=1S/C16H28N2O/c1-12(2)19-9-8-18(5)16(11-17)15-7-6-13(3)10-14(15)4/h6-7,10,12,16H,8-9,11,17H2,1-5H3. The van der Waals surface area contributed by atoms with Crippen LogP contribution in [0.2, 0.25) is 0 Å². The Hall–Kier alpha value is -0.900. The van der Waals surface area contributed by atoms with Gasteiger partial charge in [0.05, 0.1) is 12.7 Å². The minimum absolute atomic E-state index is 0.261. The molecule has 19 heavy (non-hydrogen) atoms. The zero-order valence-corrected chi connectivity index (χ0v) is 12.9. The van der Waals surface area contributed by atoms with Crippen molar-refractivity contribution in [1.82, 2.24) is 4.90 Å². The largest absolute Gasteiger partial charge is 0.377 e. The summed E-state index contributed by atoms with van der Waals surface area (Å²) in [7, 11) is 2.11. The zero-order chi connectivity index (χ0) is 14.4. The lowest BCUT2D eigenvalue weighted by Crippen LogP contribution is -2.34. The fraction of sp³-hybridized carbons (Fsp3) is 0.625. The quantitative estimate of drug-likeness (QED) is 0.823. The minimum Gasteiger partial charge on any atom is -0.377 e. The summed E-state index contributed by atoms with van der Waals surface area (Å²) in [6, 6.07) is 6.83. The van der Waals surface area contributed by atoms with Gasteiger partial charge in [0, 0.05) is 19.1 Å². The summed E-state index contributed by atoms with van der Waals surface area (Å²) in [4.78, 5) is 2.28. The van der Waals surface area contributed by atoms with Crippen molar-refractivity contribution in [3.05, 3.63) is 34.9 Å². The van der Waals surface area contributed by atoms with Crippen molar-refractivity contribution >= 4 is 0 Å². The lowest BCUT2D eigenvalue weighted by atomic mass is 9.98. The molecule has 3 nitrogen and oxygen atoms in total. The maximum atomic E-state index is 5.96. The molecule has 0 aliphatic rings. The Morgan fingerprint density at radius 1 is 1.26 bits per heavy atom. The van der Waals surface area contributed by atoms with Crippen LogP contribution in [0.15, 0.2) is 18.2 Å². The van der Waals surface area contributed by atoms with Gasteiger partial charge in [0.1, 0.15) is 0 Å². The lowest BCUT2D eigenvalue weighted by molar-refractivity contribution is 0.0564. The Morgan fingerprint density at radius 3 is 2.47 bits per heavy atom. The first-order chi connectivity index (χ1) is 8.95. The van der Waals surface area contributed by atoms with Crippen LogP contribution in [0.1, 0.15) is 36.6 Å². The summed E-state index contributed by atoms with van der Waals surface area (Å²) < 4.78 is 5.61. The SMILES string of the molecule is Cc1ccc(C(CN)N(C)CCOC(C)C)c(C)c1. The molecule has 2 N–H and O–H groups in total. The van der Waals surface area contributed by atoms with Gasteiger partial charge in [-0.3, -0.25) is 4.90 Å². The van der Waals surface area contributed by atoms with E-state index < -0.39 is 0 Å². The summed E-state index contributed by atoms with van der Waals surface area (Å²) >= 11 is 0. The number of rotatable bonds is 7. The summed E-state index contributed by atoms with van der Waals surface area (Å²) in [5.74, 6) is 0. The molecule has 0 fully saturated rings. The first-order valence-electron chi connectivity index (χ1n) is 7.04. The topological polar surface area (TPSA) is 38.5 Å². The maximum Gasteiger partial charge on any atom is 0.0597 e. The van der Waals surface area contributed by atoms with Crippen molar-refractivity contribution in [1.29, 1.82) is 0 Å². The van der Waals surface area contributed by atoms with Crippen molar-refractivity contribution in [2.75, 3.05) is 26.7 Å². The Bertz CT molecular complexity index is 390. The Kier molecular flexibility index (Phi) is 6.49. The molecule has 0 saturated carbocycles. The van der Waals surface area contributed by atoms with Crippen LogP contribution in [-0.2, 0) is 4.74 Å². The number of nitrogens with two attached hydrogens (primary N) is 1. The van der Waals surface area contributed by atoms with Crippen molar-refractivity contribution < 1.29 is 4.74 Å². The minimum atomic E-state index is 0.261. The van der Waals surface area contributed by atoms with Crippen LogP contribution in [0, 0.1) is 13.8 Å². The molecule has 0 aromatic heterocycles. The highest BCUT2D eigenvalue weighted by Gasteiger charge is 2.17. The van der Waals surface area contributed by atoms with Crippen molar-refractivity contribution in [2.24, 2.45) is 5.73 Å². The summed E-state index contributed by atoms with van der Waals surface area (Å²) in [6.45, 7) is 10.7. The van der Waals surface area contributed by atoms with E-state index in [9.17, 15) is 0 Å². The molecular weight excluding hydrogens is 236 g/mol. The molecule has 0 bridgehead atoms. The second-order valence-corrected chi connectivity index (χ2v) is 5.51. The van der Waals surface area contributed by atoms with Gasteiger partial charge in [0.25, 0.3) is 0 Å². The number of ether oxygens (including phenoxy) is 1. The van der Waals surface area contributed by atoms with Crippen LogP contribution in [0.5, 0.6) is 0 Å². The van der Waals surface area contributed by atoms with Crippen LogP contribution < -0.4 is 5.73 Å². The van der Waals surface area contributed by atoms with E-state index in [1.165, 1.54) is 16.7 Å². The fourth-order valence-corrected chi connectivity index (χ4v) is 2.33. The van der Waals surface area contributed by atoms with Crippen molar-refractivity contribution in [3.8, 4) is 0 Å². The first kappa shape index (κ1) is 16.2. The van der Waals surface area contributed by atoms with E-state index in [2.05, 4.69) is 57.8 Å². The maximum absolute atomic E-state index is 5.96. The molecule has 0 saturated heterocycles. The van der Waals surface area contributed by atoms with Gasteiger partial charge in [0.2, 0.25) is 0 Å². The molecule has 1 aromatic carbocycles. The summed E-state index contributed by atoms with van der Waals surface area (Å²) in [5.41, 5.74) is 9.89. The smallest absolute Gasteiger partial charge is 0.0597 e. The van der Waals surface area contributed by atoms with E-state index in [4.69, 9.17) is 10.5 Å². The van der Waals surface area contributed by atoms with Crippen LogP contribution >= 0.6 is 0 Å². The molecule has 3 heteroatoms. The predicted octanol–water partition coefficient (Wildman–Crippen LogP) is 2.66. The highest BCUT2D eigenvalue weighted by Crippen LogP contribution is 2.22. The van der Waals surface area contributed by atoms with E-state index in [0.29, 0.717) is 6.54 Å². The molecule has 1 unspecified atom stereocenters. The van der Waals surface area contributed by atoms with Gasteiger partial charge in [-0.1, -0.05) is 23.8 Å². The average Bonchev–Trinajstić information content (AvgIpc) is 2.32. The first-order valence-corrected chi connectivity index (χ1v) is 7.04. The third-order valence-electron chi connectivity index (χ3n) is 3.43. The van der Waals surface area contributed by atoms with Crippen molar-refractivity contribution in [2.45, 2.75) is 39.8 Å². The van der Waals surface area contributed by atoms with Gasteiger partial charge >= 0.3 is 0 Å². The van der Waals surface area contributed by atoms with Crippen LogP contribution in [0.25, 0.3) is 0 Å². The molecule has 0 radical (unpaired) electrons. The molecule has 108 valence electrons. The number of aryl methyl sites for hydroxylation is 2. The average molecular weight is 264 g/mol. The Balaban J connectivity index is 2.70. The molecule has 0 aliphatic carbocycles. The third-order valence-corrected chi connectivity index (χ3v) is 3.43. The fourth-order valence-electron chi connectivity index (χ4n) is 2.33. The normalized spacial score (nSPS) is 13.3. The third kappa shape index (κ3) is 4.94. The predicted molar refractivity (Wildman–Crippen MR) is 81.4 cm³/mol. The van der Waals surface area contributed by atoms with E-state index in [-0.39, 0.29) is 12.1 Å². The monoisotopic (exact) mass is 264 g/mol. The van der Waals surface area contributed by atoms with E-state index in [1.807, 2.05) is 0 Å². The zero-order valence-electron chi connectivity index (χ0n) is 12.9. The van der Waals surface area contributed by atoms with Crippen molar-refractivity contribution in [3.63, 3.8) is 0 Å². The second kappa shape index (κ2) is 7.63. The molecule has 0 aliphatic heterocycles. The number of likely N-dealkylation sites (N-methyl/N-ethyl adjacent to an activating group) is 1. The van der Waals surface area contributed by atoms with Crippen LogP contribution in [-0.4, -0.2) is 37.7 Å². The Labute approximate surface area is 117 Å². The summed E-state index contributed by atoms with van der Waals surface area (Å²) in [6.07, 6.45) is 0.283. The number of nitrogens with zero attached hydrogens (tertiary/aromatic N) is 1. The molecule has 0 amide bonds. The van der Waals surface area contributed by atoms with Gasteiger partial charge in [-0.2, -0.15) is 0 Å². The van der Waals surface area contributed by atoms with E-state index in [1.54, 1.807) is 0 Å². The molecule has 0 heterocycles. The highest BCUT2D eigenvalue weighted by molar-refractivity contribution is 5.33. The second-order valence-electron chi connectivity index (χ2n) is 5.51. The highest BCUT2D eigenvalue weighted by atomic mass is 16.5. The van der Waals surface area contributed by atoms with E-state index in [0.717, 1.165) is 13.2 Å². The van der Waals surface area contributed by atoms with E-state index >= 15 is 0 Å². The van der Waals surface area contributed by atoms with Gasteiger partial charge in [-0.25, -0.2) is 0 Å². The van der Waals surface area contributed by atoms with Gasteiger partial charge in [0.15, 0.2) is 0 Å². The molecule has 0 spiro atoms. The van der Waals surface area contributed by atoms with Gasteiger partial charge in [-0.15, -0.1) is 0 Å². The molecule has 1 atom stereocenters. The Morgan fingerprint density at radius 2 is 1.95 bits per heavy atom. The van der Waals surface area contributed by atoms with Crippen LogP contribution in [0.3, 0.4) is 0 Å². The lowest BCUT2D eigenvalue weighted by Gasteiger charge is -2.29. The number of hydrogen-bond donors (Lipinski definition) is 1. The molecule has 1 rings (SSSR count).